The molecule has 300 valence electrons. The Bertz CT molecular complexity index is 3930. The summed E-state index contributed by atoms with van der Waals surface area (Å²) in [6.07, 6.45) is 0. The molecule has 65 heavy (non-hydrogen) atoms. The zero-order valence-corrected chi connectivity index (χ0v) is 35.2. The molecular weight excluding hydrogens is 787 g/mol. The largest absolute Gasteiger partial charge is 0.277 e. The van der Waals surface area contributed by atoms with Crippen molar-refractivity contribution in [1.82, 2.24) is 14.5 Å². The van der Waals surface area contributed by atoms with Crippen LogP contribution in [-0.4, -0.2) is 14.5 Å². The molecule has 12 aromatic rings. The molecule has 0 saturated heterocycles. The Morgan fingerprint density at radius 3 is 1.45 bits per heavy atom. The van der Waals surface area contributed by atoms with Crippen LogP contribution in [0.25, 0.3) is 82.9 Å². The third-order valence-electron chi connectivity index (χ3n) is 15.1. The molecule has 10 aromatic carbocycles. The molecule has 3 aliphatic carbocycles. The molecule has 2 heterocycles. The monoisotopic (exact) mass is 823 g/mol. The Hall–Kier alpha value is -8.40. The van der Waals surface area contributed by atoms with Gasteiger partial charge in [0, 0.05) is 27.1 Å². The fraction of sp³-hybridized carbons (Fsp3) is 0.0323. The van der Waals surface area contributed by atoms with E-state index < -0.39 is 10.8 Å². The van der Waals surface area contributed by atoms with Crippen LogP contribution in [0.4, 0.5) is 0 Å². The predicted molar refractivity (Wildman–Crippen MR) is 265 cm³/mol. The van der Waals surface area contributed by atoms with Gasteiger partial charge in [-0.1, -0.05) is 206 Å². The SMILES string of the molecule is c1ccc(-c2nc(-n3c4cc5c(cc4c4ccc6ccccc6c43)C3(c4ccccc4-5)c4ccccc4C4(c5ccccc5-c5ccccc54)c4ccccc43)nc3ccccc23)cc1. The highest BCUT2D eigenvalue weighted by molar-refractivity contribution is 6.20. The van der Waals surface area contributed by atoms with Crippen molar-refractivity contribution in [3.05, 3.63) is 269 Å². The van der Waals surface area contributed by atoms with Crippen molar-refractivity contribution in [3.8, 4) is 39.5 Å². The average Bonchev–Trinajstić information content (AvgIpc) is 3.97. The summed E-state index contributed by atoms with van der Waals surface area (Å²) in [7, 11) is 0. The van der Waals surface area contributed by atoms with Crippen LogP contribution in [0.1, 0.15) is 44.5 Å². The molecule has 3 aliphatic rings. The molecule has 0 unspecified atom stereocenters. The number of aromatic nitrogens is 3. The second-order valence-electron chi connectivity index (χ2n) is 17.9. The number of benzene rings is 10. The number of para-hydroxylation sites is 1. The number of nitrogens with zero attached hydrogens (tertiary/aromatic N) is 3. The van der Waals surface area contributed by atoms with Gasteiger partial charge in [0.05, 0.1) is 33.1 Å². The molecule has 0 bridgehead atoms. The quantitative estimate of drug-likeness (QED) is 0.174. The van der Waals surface area contributed by atoms with E-state index in [4.69, 9.17) is 9.97 Å². The molecule has 0 radical (unpaired) electrons. The van der Waals surface area contributed by atoms with E-state index in [1.807, 2.05) is 0 Å². The molecule has 3 heteroatoms. The van der Waals surface area contributed by atoms with Crippen molar-refractivity contribution in [1.29, 1.82) is 0 Å². The maximum absolute atomic E-state index is 5.53. The first kappa shape index (κ1) is 35.1. The van der Waals surface area contributed by atoms with Crippen molar-refractivity contribution in [2.45, 2.75) is 10.8 Å². The number of rotatable bonds is 2. The van der Waals surface area contributed by atoms with Crippen LogP contribution >= 0.6 is 0 Å². The minimum atomic E-state index is -0.601. The summed E-state index contributed by atoms with van der Waals surface area (Å²) in [6.45, 7) is 0. The normalized spacial score (nSPS) is 14.4. The van der Waals surface area contributed by atoms with Gasteiger partial charge in [0.1, 0.15) is 0 Å². The Morgan fingerprint density at radius 2 is 0.815 bits per heavy atom. The lowest BCUT2D eigenvalue weighted by atomic mass is 9.52. The van der Waals surface area contributed by atoms with Crippen LogP contribution in [0, 0.1) is 0 Å². The van der Waals surface area contributed by atoms with Gasteiger partial charge >= 0.3 is 0 Å². The van der Waals surface area contributed by atoms with Crippen LogP contribution in [0.15, 0.2) is 224 Å². The second kappa shape index (κ2) is 12.6. The molecule has 0 fully saturated rings. The highest BCUT2D eigenvalue weighted by Crippen LogP contribution is 2.67. The lowest BCUT2D eigenvalue weighted by Gasteiger charge is -2.48. The minimum absolute atomic E-state index is 0.494. The van der Waals surface area contributed by atoms with Gasteiger partial charge in [-0.2, -0.15) is 0 Å². The van der Waals surface area contributed by atoms with Gasteiger partial charge in [-0.15, -0.1) is 0 Å². The van der Waals surface area contributed by atoms with E-state index in [9.17, 15) is 0 Å². The maximum atomic E-state index is 5.53. The summed E-state index contributed by atoms with van der Waals surface area (Å²) in [4.78, 5) is 11.0. The fourth-order valence-electron chi connectivity index (χ4n) is 12.7. The summed E-state index contributed by atoms with van der Waals surface area (Å²) in [5.41, 5.74) is 19.8. The molecule has 3 nitrogen and oxygen atoms in total. The topological polar surface area (TPSA) is 30.7 Å². The highest BCUT2D eigenvalue weighted by atomic mass is 15.2. The Morgan fingerprint density at radius 1 is 0.323 bits per heavy atom. The third kappa shape index (κ3) is 4.26. The molecule has 2 spiro atoms. The molecule has 0 atom stereocenters. The Labute approximate surface area is 375 Å². The van der Waals surface area contributed by atoms with Crippen molar-refractivity contribution in [2.24, 2.45) is 0 Å². The molecule has 0 saturated carbocycles. The van der Waals surface area contributed by atoms with Crippen molar-refractivity contribution in [3.63, 3.8) is 0 Å². The third-order valence-corrected chi connectivity index (χ3v) is 15.1. The molecule has 0 N–H and O–H groups in total. The standard InChI is InChI=1S/C62H37N3/c1-2-19-39(20-3-1)58-45-25-9-17-33-56(45)63-60(64-58)65-57-37-46-43-24-8-12-28-50(43)62(55(46)36-47(57)44-35-34-38-18-4-5-21-40(38)59(44)65)53-31-15-13-29-51(53)61(52-30-14-16-32-54(52)62)48-26-10-6-22-41(48)42-23-7-11-27-49(42)61/h1-37H. The van der Waals surface area contributed by atoms with Gasteiger partial charge in [0.2, 0.25) is 5.95 Å². The van der Waals surface area contributed by atoms with E-state index in [1.165, 1.54) is 88.3 Å². The van der Waals surface area contributed by atoms with Gasteiger partial charge in [-0.3, -0.25) is 4.57 Å². The van der Waals surface area contributed by atoms with Crippen molar-refractivity contribution >= 4 is 43.5 Å². The number of fused-ring (bicyclic) bond motifs is 22. The summed E-state index contributed by atoms with van der Waals surface area (Å²) >= 11 is 0. The first-order valence-electron chi connectivity index (χ1n) is 22.6. The molecule has 0 amide bonds. The van der Waals surface area contributed by atoms with Gasteiger partial charge in [-0.25, -0.2) is 9.97 Å². The van der Waals surface area contributed by atoms with Crippen molar-refractivity contribution in [2.75, 3.05) is 0 Å². The first-order chi connectivity index (χ1) is 32.3. The first-order valence-corrected chi connectivity index (χ1v) is 22.6. The van der Waals surface area contributed by atoms with Gasteiger partial charge in [0.15, 0.2) is 0 Å². The predicted octanol–water partition coefficient (Wildman–Crippen LogP) is 14.6. The summed E-state index contributed by atoms with van der Waals surface area (Å²) in [5, 5.41) is 5.74. The number of hydrogen-bond donors (Lipinski definition) is 0. The zero-order chi connectivity index (χ0) is 42.4. The van der Waals surface area contributed by atoms with E-state index in [0.717, 1.165) is 33.2 Å². The van der Waals surface area contributed by atoms with E-state index >= 15 is 0 Å². The molecule has 2 aromatic heterocycles. The highest BCUT2D eigenvalue weighted by Gasteiger charge is 2.59. The Kier molecular flexibility index (Phi) is 6.82. The van der Waals surface area contributed by atoms with E-state index in [-0.39, 0.29) is 0 Å². The van der Waals surface area contributed by atoms with E-state index in [0.29, 0.717) is 5.95 Å². The van der Waals surface area contributed by atoms with Gasteiger partial charge < -0.3 is 0 Å². The van der Waals surface area contributed by atoms with Crippen LogP contribution in [0.2, 0.25) is 0 Å². The van der Waals surface area contributed by atoms with Crippen LogP contribution < -0.4 is 0 Å². The number of hydrogen-bond acceptors (Lipinski definition) is 2. The lowest BCUT2D eigenvalue weighted by Crippen LogP contribution is -2.43. The van der Waals surface area contributed by atoms with E-state index in [1.54, 1.807) is 0 Å². The summed E-state index contributed by atoms with van der Waals surface area (Å²) in [6, 6.07) is 83.4. The summed E-state index contributed by atoms with van der Waals surface area (Å²) in [5.74, 6) is 0.661. The molecule has 15 rings (SSSR count). The van der Waals surface area contributed by atoms with Crippen LogP contribution in [-0.2, 0) is 10.8 Å². The average molecular weight is 824 g/mol. The van der Waals surface area contributed by atoms with Crippen molar-refractivity contribution < 1.29 is 0 Å². The van der Waals surface area contributed by atoms with Gasteiger partial charge in [0.25, 0.3) is 0 Å². The smallest absolute Gasteiger partial charge is 0.235 e. The second-order valence-corrected chi connectivity index (χ2v) is 17.9. The molecular formula is C62H37N3. The summed E-state index contributed by atoms with van der Waals surface area (Å²) < 4.78 is 2.35. The van der Waals surface area contributed by atoms with Crippen LogP contribution in [0.5, 0.6) is 0 Å². The zero-order valence-electron chi connectivity index (χ0n) is 35.2. The maximum Gasteiger partial charge on any atom is 0.235 e. The van der Waals surface area contributed by atoms with Crippen LogP contribution in [0.3, 0.4) is 0 Å². The minimum Gasteiger partial charge on any atom is -0.277 e. The molecule has 0 aliphatic heterocycles. The Balaban J connectivity index is 1.10. The fourth-order valence-corrected chi connectivity index (χ4v) is 12.7. The lowest BCUT2D eigenvalue weighted by molar-refractivity contribution is 0.633. The van der Waals surface area contributed by atoms with E-state index in [2.05, 4.69) is 229 Å². The van der Waals surface area contributed by atoms with Gasteiger partial charge in [-0.05, 0) is 90.3 Å².